The van der Waals surface area contributed by atoms with Crippen molar-refractivity contribution in [1.29, 1.82) is 0 Å². The van der Waals surface area contributed by atoms with Gasteiger partial charge in [0.15, 0.2) is 7.85 Å². The first-order valence-electron chi connectivity index (χ1n) is 6.49. The summed E-state index contributed by atoms with van der Waals surface area (Å²) in [6, 6.07) is 4.85. The Hall–Kier alpha value is -1.64. The summed E-state index contributed by atoms with van der Waals surface area (Å²) in [7, 11) is -0.486. The van der Waals surface area contributed by atoms with E-state index in [1.165, 1.54) is 24.5 Å². The van der Waals surface area contributed by atoms with Crippen LogP contribution < -0.4 is 9.92 Å². The lowest BCUT2D eigenvalue weighted by Gasteiger charge is -2.09. The van der Waals surface area contributed by atoms with Crippen LogP contribution in [0.2, 0.25) is 0 Å². The zero-order valence-corrected chi connectivity index (χ0v) is 14.4. The molecular formula is C14H16BNO4S2. The molecule has 2 aromatic rings. The molecule has 1 heterocycles. The van der Waals surface area contributed by atoms with Gasteiger partial charge >= 0.3 is 5.97 Å². The number of carbonyl (C=O) groups is 1. The molecule has 0 fully saturated rings. The van der Waals surface area contributed by atoms with Gasteiger partial charge in [0, 0.05) is 5.56 Å². The second-order valence-electron chi connectivity index (χ2n) is 5.00. The van der Waals surface area contributed by atoms with Gasteiger partial charge in [-0.05, 0) is 41.4 Å². The van der Waals surface area contributed by atoms with E-state index in [0.29, 0.717) is 10.4 Å². The highest BCUT2D eigenvalue weighted by Crippen LogP contribution is 2.33. The Morgan fingerprint density at radius 3 is 2.45 bits per heavy atom. The second-order valence-corrected chi connectivity index (χ2v) is 7.76. The SMILES string of the molecule is Bc1sc(C(=O)OC)c(-c2ccc(S(N)(=O)=O)c(C)c2)c1C. The van der Waals surface area contributed by atoms with Crippen molar-refractivity contribution in [2.75, 3.05) is 7.11 Å². The van der Waals surface area contributed by atoms with Gasteiger partial charge in [-0.15, -0.1) is 11.3 Å². The number of hydrogen-bond acceptors (Lipinski definition) is 5. The summed E-state index contributed by atoms with van der Waals surface area (Å²) < 4.78 is 28.8. The van der Waals surface area contributed by atoms with Crippen molar-refractivity contribution in [3.05, 3.63) is 34.2 Å². The van der Waals surface area contributed by atoms with Crippen molar-refractivity contribution in [1.82, 2.24) is 0 Å². The minimum absolute atomic E-state index is 0.0838. The largest absolute Gasteiger partial charge is 0.465 e. The van der Waals surface area contributed by atoms with E-state index in [0.717, 1.165) is 21.5 Å². The van der Waals surface area contributed by atoms with Crippen LogP contribution in [-0.2, 0) is 14.8 Å². The number of aryl methyl sites for hydroxylation is 1. The normalized spacial score (nSPS) is 11.5. The van der Waals surface area contributed by atoms with E-state index in [1.54, 1.807) is 19.1 Å². The lowest BCUT2D eigenvalue weighted by molar-refractivity contribution is 0.0607. The summed E-state index contributed by atoms with van der Waals surface area (Å²) in [6.07, 6.45) is 0. The zero-order chi connectivity index (χ0) is 16.7. The summed E-state index contributed by atoms with van der Waals surface area (Å²) in [5, 5.41) is 5.18. The van der Waals surface area contributed by atoms with Crippen molar-refractivity contribution >= 4 is 40.0 Å². The van der Waals surface area contributed by atoms with Crippen LogP contribution in [0.1, 0.15) is 20.8 Å². The number of rotatable bonds is 3. The third-order valence-corrected chi connectivity index (χ3v) is 5.78. The second kappa shape index (κ2) is 5.87. The Labute approximate surface area is 134 Å². The van der Waals surface area contributed by atoms with E-state index in [4.69, 9.17) is 9.88 Å². The first kappa shape index (κ1) is 16.7. The van der Waals surface area contributed by atoms with Crippen molar-refractivity contribution < 1.29 is 17.9 Å². The number of methoxy groups -OCH3 is 1. The van der Waals surface area contributed by atoms with Gasteiger partial charge < -0.3 is 4.74 Å². The van der Waals surface area contributed by atoms with Crippen LogP contribution in [0.5, 0.6) is 0 Å². The van der Waals surface area contributed by atoms with Crippen LogP contribution in [0.3, 0.4) is 0 Å². The van der Waals surface area contributed by atoms with Crippen LogP contribution >= 0.6 is 11.3 Å². The minimum atomic E-state index is -3.76. The van der Waals surface area contributed by atoms with Crippen LogP contribution in [0.25, 0.3) is 11.1 Å². The van der Waals surface area contributed by atoms with Crippen LogP contribution in [0, 0.1) is 13.8 Å². The molecule has 8 heteroatoms. The molecule has 2 rings (SSSR count). The third-order valence-electron chi connectivity index (χ3n) is 3.53. The first-order chi connectivity index (χ1) is 10.2. The molecule has 0 unspecified atom stereocenters. The maximum Gasteiger partial charge on any atom is 0.348 e. The van der Waals surface area contributed by atoms with E-state index in [2.05, 4.69) is 0 Å². The van der Waals surface area contributed by atoms with Gasteiger partial charge in [0.2, 0.25) is 10.0 Å². The number of carbonyl (C=O) groups excluding carboxylic acids is 1. The van der Waals surface area contributed by atoms with E-state index in [1.807, 2.05) is 14.8 Å². The van der Waals surface area contributed by atoms with E-state index in [-0.39, 0.29) is 4.90 Å². The predicted molar refractivity (Wildman–Crippen MR) is 90.1 cm³/mol. The molecule has 22 heavy (non-hydrogen) atoms. The molecule has 0 radical (unpaired) electrons. The van der Waals surface area contributed by atoms with Crippen molar-refractivity contribution in [3.63, 3.8) is 0 Å². The number of benzene rings is 1. The lowest BCUT2D eigenvalue weighted by atomic mass is 9.94. The van der Waals surface area contributed by atoms with Crippen molar-refractivity contribution in [3.8, 4) is 11.1 Å². The molecular weight excluding hydrogens is 321 g/mol. The Kier molecular flexibility index (Phi) is 4.46. The maximum absolute atomic E-state index is 12.0. The van der Waals surface area contributed by atoms with Gasteiger partial charge in [0.1, 0.15) is 4.88 Å². The molecule has 0 spiro atoms. The molecule has 1 aromatic heterocycles. The lowest BCUT2D eigenvalue weighted by Crippen LogP contribution is -2.13. The fourth-order valence-electron chi connectivity index (χ4n) is 2.34. The van der Waals surface area contributed by atoms with Crippen LogP contribution in [0.15, 0.2) is 23.1 Å². The topological polar surface area (TPSA) is 86.5 Å². The highest BCUT2D eigenvalue weighted by molar-refractivity contribution is 7.89. The molecule has 2 N–H and O–H groups in total. The standard InChI is InChI=1S/C14H16BNO4S2/c1-7-6-9(4-5-10(7)22(16,18)19)11-8(2)13(15)21-12(11)14(17)20-3/h4-6H,15H2,1-3H3,(H2,16,18,19). The molecule has 0 saturated carbocycles. The number of nitrogens with two attached hydrogens (primary N) is 1. The first-order valence-corrected chi connectivity index (χ1v) is 8.85. The highest BCUT2D eigenvalue weighted by atomic mass is 32.2. The summed E-state index contributed by atoms with van der Waals surface area (Å²) in [5.74, 6) is -0.399. The fourth-order valence-corrected chi connectivity index (χ4v) is 4.20. The molecule has 1 aromatic carbocycles. The Morgan fingerprint density at radius 2 is 1.95 bits per heavy atom. The summed E-state index contributed by atoms with van der Waals surface area (Å²) in [5.41, 5.74) is 3.07. The molecule has 5 nitrogen and oxygen atoms in total. The van der Waals surface area contributed by atoms with E-state index in [9.17, 15) is 13.2 Å². The number of ether oxygens (including phenoxy) is 1. The fraction of sp³-hybridized carbons (Fsp3) is 0.214. The maximum atomic E-state index is 12.0. The van der Waals surface area contributed by atoms with Crippen LogP contribution in [0.4, 0.5) is 0 Å². The Bertz CT molecular complexity index is 856. The number of sulfonamides is 1. The Morgan fingerprint density at radius 1 is 1.32 bits per heavy atom. The number of primary sulfonamides is 1. The number of thiophene rings is 1. The van der Waals surface area contributed by atoms with Crippen LogP contribution in [-0.4, -0.2) is 29.3 Å². The monoisotopic (exact) mass is 337 g/mol. The molecule has 0 saturated heterocycles. The van der Waals surface area contributed by atoms with Gasteiger partial charge in [0.05, 0.1) is 12.0 Å². The summed E-state index contributed by atoms with van der Waals surface area (Å²) >= 11 is 1.37. The molecule has 0 aliphatic rings. The zero-order valence-electron chi connectivity index (χ0n) is 12.8. The summed E-state index contributed by atoms with van der Waals surface area (Å²) in [6.45, 7) is 3.60. The van der Waals surface area contributed by atoms with Crippen molar-refractivity contribution in [2.24, 2.45) is 5.14 Å². The number of hydrogen-bond donors (Lipinski definition) is 1. The van der Waals surface area contributed by atoms with E-state index >= 15 is 0 Å². The molecule has 0 aliphatic heterocycles. The van der Waals surface area contributed by atoms with Gasteiger partial charge in [-0.1, -0.05) is 12.1 Å². The smallest absolute Gasteiger partial charge is 0.348 e. The van der Waals surface area contributed by atoms with Gasteiger partial charge in [-0.2, -0.15) is 0 Å². The Balaban J connectivity index is 2.68. The van der Waals surface area contributed by atoms with Gasteiger partial charge in [-0.3, -0.25) is 0 Å². The average molecular weight is 337 g/mol. The van der Waals surface area contributed by atoms with Gasteiger partial charge in [-0.25, -0.2) is 18.4 Å². The van der Waals surface area contributed by atoms with Gasteiger partial charge in [0.25, 0.3) is 0 Å². The molecule has 0 aliphatic carbocycles. The molecule has 0 bridgehead atoms. The molecule has 0 atom stereocenters. The quantitative estimate of drug-likeness (QED) is 0.661. The third kappa shape index (κ3) is 2.94. The molecule has 0 amide bonds. The summed E-state index contributed by atoms with van der Waals surface area (Å²) in [4.78, 5) is 12.6. The molecule has 116 valence electrons. The van der Waals surface area contributed by atoms with E-state index < -0.39 is 16.0 Å². The minimum Gasteiger partial charge on any atom is -0.465 e. The number of esters is 1. The van der Waals surface area contributed by atoms with Crippen molar-refractivity contribution in [2.45, 2.75) is 18.7 Å². The predicted octanol–water partition coefficient (Wildman–Crippen LogP) is 0.724. The average Bonchev–Trinajstić information content (AvgIpc) is 2.72. The highest BCUT2D eigenvalue weighted by Gasteiger charge is 2.21.